The van der Waals surface area contributed by atoms with Crippen molar-refractivity contribution in [2.45, 2.75) is 19.3 Å². The van der Waals surface area contributed by atoms with Gasteiger partial charge in [0.25, 0.3) is 0 Å². The summed E-state index contributed by atoms with van der Waals surface area (Å²) in [4.78, 5) is 2.35. The first-order valence-corrected chi connectivity index (χ1v) is 9.87. The number of benzene rings is 4. The van der Waals surface area contributed by atoms with Gasteiger partial charge in [-0.2, -0.15) is 0 Å². The summed E-state index contributed by atoms with van der Waals surface area (Å²) in [5, 5.41) is 3.11. The molecule has 2 nitrogen and oxygen atoms in total. The molecular weight excluding hydrogens is 366 g/mol. The zero-order chi connectivity index (χ0) is 19.0. The summed E-state index contributed by atoms with van der Waals surface area (Å²) in [5.41, 5.74) is 5.70. The molecule has 28 heavy (non-hydrogen) atoms. The predicted octanol–water partition coefficient (Wildman–Crippen LogP) is 7.71. The second-order valence-electron chi connectivity index (χ2n) is 8.01. The average molecular weight is 384 g/mol. The Labute approximate surface area is 168 Å². The van der Waals surface area contributed by atoms with Crippen molar-refractivity contribution in [2.24, 2.45) is 0 Å². The predicted molar refractivity (Wildman–Crippen MR) is 116 cm³/mol. The lowest BCUT2D eigenvalue weighted by molar-refractivity contribution is 0.472. The minimum atomic E-state index is -0.146. The maximum atomic E-state index is 6.46. The molecule has 3 heteroatoms. The molecule has 0 spiro atoms. The molecule has 0 N–H and O–H groups in total. The Kier molecular flexibility index (Phi) is 3.03. The van der Waals surface area contributed by atoms with Gasteiger partial charge in [0.2, 0.25) is 0 Å². The van der Waals surface area contributed by atoms with Gasteiger partial charge in [-0.05, 0) is 40.8 Å². The Morgan fingerprint density at radius 1 is 0.786 bits per heavy atom. The maximum Gasteiger partial charge on any atom is 0.152 e. The summed E-state index contributed by atoms with van der Waals surface area (Å²) in [7, 11) is 0. The van der Waals surface area contributed by atoms with Crippen LogP contribution in [0.1, 0.15) is 25.0 Å². The van der Waals surface area contributed by atoms with Crippen LogP contribution in [0.5, 0.6) is 11.5 Å². The molecule has 0 fully saturated rings. The van der Waals surface area contributed by atoms with Gasteiger partial charge in [-0.15, -0.1) is 0 Å². The number of nitrogens with zero attached hydrogens (tertiary/aromatic N) is 1. The molecule has 6 rings (SSSR count). The zero-order valence-corrected chi connectivity index (χ0v) is 16.4. The van der Waals surface area contributed by atoms with Gasteiger partial charge < -0.3 is 9.64 Å². The molecule has 4 aromatic rings. The molecule has 4 aromatic carbocycles. The normalized spacial score (nSPS) is 15.5. The van der Waals surface area contributed by atoms with E-state index < -0.39 is 0 Å². The lowest BCUT2D eigenvalue weighted by Gasteiger charge is -2.45. The fourth-order valence-corrected chi connectivity index (χ4v) is 4.89. The van der Waals surface area contributed by atoms with Crippen LogP contribution in [-0.2, 0) is 5.41 Å². The second kappa shape index (κ2) is 5.30. The Morgan fingerprint density at radius 3 is 2.50 bits per heavy atom. The van der Waals surface area contributed by atoms with E-state index in [0.717, 1.165) is 33.6 Å². The summed E-state index contributed by atoms with van der Waals surface area (Å²) in [5.74, 6) is 1.76. The van der Waals surface area contributed by atoms with Crippen molar-refractivity contribution in [3.63, 3.8) is 0 Å². The number of rotatable bonds is 0. The molecule has 2 aliphatic rings. The maximum absolute atomic E-state index is 6.46. The van der Waals surface area contributed by atoms with Gasteiger partial charge in [0, 0.05) is 15.8 Å². The van der Waals surface area contributed by atoms with Gasteiger partial charge in [-0.3, -0.25) is 0 Å². The van der Waals surface area contributed by atoms with E-state index in [-0.39, 0.29) is 5.41 Å². The first kappa shape index (κ1) is 16.0. The van der Waals surface area contributed by atoms with Gasteiger partial charge >= 0.3 is 0 Å². The molecule has 2 heterocycles. The smallest absolute Gasteiger partial charge is 0.152 e. The van der Waals surface area contributed by atoms with E-state index in [1.807, 2.05) is 6.07 Å². The Bertz CT molecular complexity index is 1290. The molecule has 0 saturated heterocycles. The highest BCUT2D eigenvalue weighted by atomic mass is 35.5. The van der Waals surface area contributed by atoms with Gasteiger partial charge in [-0.1, -0.05) is 74.0 Å². The fraction of sp³-hybridized carbons (Fsp3) is 0.120. The lowest BCUT2D eigenvalue weighted by Crippen LogP contribution is -2.32. The fourth-order valence-electron chi connectivity index (χ4n) is 4.72. The van der Waals surface area contributed by atoms with Gasteiger partial charge in [-0.25, -0.2) is 0 Å². The van der Waals surface area contributed by atoms with Crippen LogP contribution in [0.2, 0.25) is 5.02 Å². The third-order valence-electron chi connectivity index (χ3n) is 6.08. The standard InChI is InChI=1S/C25H18ClNO/c1-25(2)18-12-11-16(26)14-20(18)27-23-17-7-4-3-6-15(17)10-13-22(23)28-21-9-5-8-19(25)24(21)27/h3-14H,1-2H3. The Balaban J connectivity index is 1.79. The van der Waals surface area contributed by atoms with E-state index in [9.17, 15) is 0 Å². The van der Waals surface area contributed by atoms with E-state index >= 15 is 0 Å². The SMILES string of the molecule is CC1(C)c2ccc(Cl)cc2N2c3c(cccc31)Oc1ccc3ccccc3c12. The number of para-hydroxylation sites is 1. The van der Waals surface area contributed by atoms with E-state index in [0.29, 0.717) is 0 Å². The van der Waals surface area contributed by atoms with Crippen molar-refractivity contribution < 1.29 is 4.74 Å². The highest BCUT2D eigenvalue weighted by Crippen LogP contribution is 2.61. The summed E-state index contributed by atoms with van der Waals surface area (Å²) in [6, 6.07) is 25.2. The topological polar surface area (TPSA) is 12.5 Å². The van der Waals surface area contributed by atoms with E-state index in [4.69, 9.17) is 16.3 Å². The highest BCUT2D eigenvalue weighted by molar-refractivity contribution is 6.31. The number of ether oxygens (including phenoxy) is 1. The van der Waals surface area contributed by atoms with Gasteiger partial charge in [0.05, 0.1) is 17.1 Å². The van der Waals surface area contributed by atoms with Gasteiger partial charge in [0.1, 0.15) is 0 Å². The molecule has 0 aliphatic carbocycles. The molecule has 0 atom stereocenters. The monoisotopic (exact) mass is 383 g/mol. The molecule has 0 bridgehead atoms. The van der Waals surface area contributed by atoms with Crippen LogP contribution in [0, 0.1) is 0 Å². The quantitative estimate of drug-likeness (QED) is 0.271. The van der Waals surface area contributed by atoms with Gasteiger partial charge in [0.15, 0.2) is 11.5 Å². The highest BCUT2D eigenvalue weighted by Gasteiger charge is 2.41. The Morgan fingerprint density at radius 2 is 1.61 bits per heavy atom. The van der Waals surface area contributed by atoms with Crippen molar-refractivity contribution in [3.05, 3.63) is 88.9 Å². The summed E-state index contributed by atoms with van der Waals surface area (Å²) in [6.45, 7) is 4.54. The van der Waals surface area contributed by atoms with Crippen LogP contribution in [0.25, 0.3) is 10.8 Å². The Hall–Kier alpha value is -2.97. The van der Waals surface area contributed by atoms with E-state index in [2.05, 4.69) is 85.5 Å². The average Bonchev–Trinajstić information content (AvgIpc) is 2.70. The molecule has 136 valence electrons. The number of anilines is 3. The molecule has 0 radical (unpaired) electrons. The number of hydrogen-bond acceptors (Lipinski definition) is 2. The lowest BCUT2D eigenvalue weighted by atomic mass is 9.73. The summed E-state index contributed by atoms with van der Waals surface area (Å²) < 4.78 is 6.40. The first-order chi connectivity index (χ1) is 13.6. The van der Waals surface area contributed by atoms with E-state index in [1.54, 1.807) is 0 Å². The minimum absolute atomic E-state index is 0.146. The molecule has 0 saturated carbocycles. The molecular formula is C25H18ClNO. The number of hydrogen-bond donors (Lipinski definition) is 0. The van der Waals surface area contributed by atoms with Crippen molar-refractivity contribution in [1.82, 2.24) is 0 Å². The van der Waals surface area contributed by atoms with Crippen molar-refractivity contribution in [3.8, 4) is 11.5 Å². The van der Waals surface area contributed by atoms with Crippen molar-refractivity contribution >= 4 is 39.4 Å². The van der Waals surface area contributed by atoms with Crippen LogP contribution in [0.15, 0.2) is 72.8 Å². The number of fused-ring (bicyclic) bond motifs is 6. The summed E-state index contributed by atoms with van der Waals surface area (Å²) in [6.07, 6.45) is 0. The minimum Gasteiger partial charge on any atom is -0.453 e. The first-order valence-electron chi connectivity index (χ1n) is 9.49. The van der Waals surface area contributed by atoms with Crippen LogP contribution in [0.4, 0.5) is 17.1 Å². The van der Waals surface area contributed by atoms with Crippen LogP contribution >= 0.6 is 11.6 Å². The van der Waals surface area contributed by atoms with Crippen molar-refractivity contribution in [2.75, 3.05) is 4.90 Å². The molecule has 0 aromatic heterocycles. The summed E-state index contributed by atoms with van der Waals surface area (Å²) >= 11 is 6.46. The van der Waals surface area contributed by atoms with Crippen LogP contribution in [0.3, 0.4) is 0 Å². The molecule has 0 amide bonds. The largest absolute Gasteiger partial charge is 0.453 e. The zero-order valence-electron chi connectivity index (χ0n) is 15.7. The molecule has 2 aliphatic heterocycles. The van der Waals surface area contributed by atoms with Crippen molar-refractivity contribution in [1.29, 1.82) is 0 Å². The van der Waals surface area contributed by atoms with Crippen LogP contribution in [-0.4, -0.2) is 0 Å². The van der Waals surface area contributed by atoms with E-state index in [1.165, 1.54) is 21.9 Å². The third-order valence-corrected chi connectivity index (χ3v) is 6.31. The number of halogens is 1. The second-order valence-corrected chi connectivity index (χ2v) is 8.45. The molecule has 0 unspecified atom stereocenters. The third kappa shape index (κ3) is 1.93. The van der Waals surface area contributed by atoms with Crippen LogP contribution < -0.4 is 9.64 Å².